The minimum Gasteiger partial charge on any atom is -0.481 e. The molecule has 0 saturated heterocycles. The van der Waals surface area contributed by atoms with E-state index in [0.717, 1.165) is 29.7 Å². The molecule has 1 fully saturated rings. The highest BCUT2D eigenvalue weighted by Crippen LogP contribution is 2.50. The van der Waals surface area contributed by atoms with Gasteiger partial charge in [-0.05, 0) is 30.4 Å². The van der Waals surface area contributed by atoms with Crippen molar-refractivity contribution in [2.75, 3.05) is 12.0 Å². The number of ether oxygens (including phenoxy) is 2. The van der Waals surface area contributed by atoms with E-state index < -0.39 is 6.09 Å². The van der Waals surface area contributed by atoms with Crippen molar-refractivity contribution in [3.8, 4) is 5.88 Å². The summed E-state index contributed by atoms with van der Waals surface area (Å²) in [7, 11) is 1.54. The van der Waals surface area contributed by atoms with Gasteiger partial charge >= 0.3 is 6.09 Å². The number of alkyl carbamates (subject to hydrolysis) is 1. The Labute approximate surface area is 176 Å². The quantitative estimate of drug-likeness (QED) is 0.812. The number of carbonyl (C=O) groups excluding carboxylic acids is 2. The van der Waals surface area contributed by atoms with E-state index >= 15 is 0 Å². The maximum Gasteiger partial charge on any atom is 0.407 e. The van der Waals surface area contributed by atoms with Gasteiger partial charge in [0.15, 0.2) is 0 Å². The van der Waals surface area contributed by atoms with E-state index in [0.29, 0.717) is 11.8 Å². The normalized spacial score (nSPS) is 22.8. The van der Waals surface area contributed by atoms with Crippen LogP contribution < -0.4 is 15.0 Å². The average Bonchev–Trinajstić information content (AvgIpc) is 3.58. The zero-order chi connectivity index (χ0) is 21.3. The van der Waals surface area contributed by atoms with E-state index in [9.17, 15) is 9.59 Å². The van der Waals surface area contributed by atoms with Crippen molar-refractivity contribution in [2.24, 2.45) is 11.8 Å². The first-order valence-corrected chi connectivity index (χ1v) is 10.3. The number of pyridine rings is 1. The van der Waals surface area contributed by atoms with Gasteiger partial charge in [0.05, 0.1) is 24.4 Å². The Kier molecular flexibility index (Phi) is 5.61. The van der Waals surface area contributed by atoms with E-state index in [1.807, 2.05) is 41.3 Å². The monoisotopic (exact) mass is 409 g/mol. The van der Waals surface area contributed by atoms with Gasteiger partial charge in [-0.2, -0.15) is 0 Å². The van der Waals surface area contributed by atoms with Gasteiger partial charge in [-0.1, -0.05) is 37.3 Å². The van der Waals surface area contributed by atoms with Crippen LogP contribution in [0.2, 0.25) is 0 Å². The lowest BCUT2D eigenvalue weighted by atomic mass is 9.80. The second kappa shape index (κ2) is 8.34. The summed E-state index contributed by atoms with van der Waals surface area (Å²) in [5.41, 5.74) is 2.39. The van der Waals surface area contributed by atoms with Gasteiger partial charge in [-0.3, -0.25) is 4.79 Å². The molecule has 0 radical (unpaired) electrons. The van der Waals surface area contributed by atoms with Gasteiger partial charge in [0.2, 0.25) is 11.8 Å². The number of nitrogens with zero attached hydrogens (tertiary/aromatic N) is 2. The van der Waals surface area contributed by atoms with Crippen LogP contribution in [0, 0.1) is 11.8 Å². The Balaban J connectivity index is 1.63. The topological polar surface area (TPSA) is 80.8 Å². The third-order valence-corrected chi connectivity index (χ3v) is 5.99. The molecule has 2 heterocycles. The van der Waals surface area contributed by atoms with Crippen molar-refractivity contribution in [1.82, 2.24) is 10.3 Å². The lowest BCUT2D eigenvalue weighted by Crippen LogP contribution is -2.53. The van der Waals surface area contributed by atoms with Crippen LogP contribution in [-0.2, 0) is 16.1 Å². The van der Waals surface area contributed by atoms with Crippen LogP contribution in [0.1, 0.15) is 43.9 Å². The lowest BCUT2D eigenvalue weighted by molar-refractivity contribution is -0.117. The van der Waals surface area contributed by atoms with Crippen molar-refractivity contribution in [3.63, 3.8) is 0 Å². The number of hydrogen-bond donors (Lipinski definition) is 1. The van der Waals surface area contributed by atoms with Crippen LogP contribution in [0.3, 0.4) is 0 Å². The summed E-state index contributed by atoms with van der Waals surface area (Å²) >= 11 is 0. The molecule has 30 heavy (non-hydrogen) atoms. The Hall–Kier alpha value is -3.09. The maximum absolute atomic E-state index is 12.7. The van der Waals surface area contributed by atoms with Gasteiger partial charge in [0, 0.05) is 25.1 Å². The number of rotatable bonds is 5. The summed E-state index contributed by atoms with van der Waals surface area (Å²) < 4.78 is 11.0. The number of benzene rings is 1. The van der Waals surface area contributed by atoms with E-state index in [1.54, 1.807) is 20.2 Å². The largest absolute Gasteiger partial charge is 0.481 e. The van der Waals surface area contributed by atoms with Crippen molar-refractivity contribution in [3.05, 3.63) is 53.7 Å². The second-order valence-corrected chi connectivity index (χ2v) is 8.01. The molecular weight excluding hydrogens is 382 g/mol. The highest BCUT2D eigenvalue weighted by molar-refractivity contribution is 5.94. The molecule has 1 aromatic heterocycles. The van der Waals surface area contributed by atoms with Gasteiger partial charge in [0.25, 0.3) is 0 Å². The first kappa shape index (κ1) is 20.2. The summed E-state index contributed by atoms with van der Waals surface area (Å²) in [6.45, 7) is 3.84. The number of aromatic nitrogens is 1. The third-order valence-electron chi connectivity index (χ3n) is 5.99. The first-order valence-electron chi connectivity index (χ1n) is 10.3. The number of nitrogens with one attached hydrogen (secondary N) is 1. The lowest BCUT2D eigenvalue weighted by Gasteiger charge is -2.45. The molecule has 2 aromatic rings. The molecule has 1 saturated carbocycles. The standard InChI is InChI=1S/C23H27N3O4/c1-14-20(25-23(28)30-13-16-7-5-4-6-8-16)19-18(11-12-24-22(19)29-3)26(15(2)27)21(14)17-9-10-17/h4-8,11-12,14,17,20-21H,9-10,13H2,1-3H3,(H,25,28)/t14-,20?,21-/m1/s1. The highest BCUT2D eigenvalue weighted by Gasteiger charge is 2.49. The first-order chi connectivity index (χ1) is 14.5. The number of amides is 2. The molecular formula is C23H27N3O4. The molecule has 0 spiro atoms. The molecule has 158 valence electrons. The molecule has 1 N–H and O–H groups in total. The molecule has 7 nitrogen and oxygen atoms in total. The average molecular weight is 409 g/mol. The minimum absolute atomic E-state index is 0.0153. The fourth-order valence-corrected chi connectivity index (χ4v) is 4.52. The molecule has 7 heteroatoms. The summed E-state index contributed by atoms with van der Waals surface area (Å²) in [4.78, 5) is 31.4. The molecule has 2 aliphatic rings. The van der Waals surface area contributed by atoms with Gasteiger partial charge in [0.1, 0.15) is 6.61 Å². The molecule has 3 atom stereocenters. The molecule has 1 aliphatic heterocycles. The highest BCUT2D eigenvalue weighted by atomic mass is 16.5. The van der Waals surface area contributed by atoms with Crippen molar-refractivity contribution < 1.29 is 19.1 Å². The van der Waals surface area contributed by atoms with Crippen LogP contribution in [-0.4, -0.2) is 30.1 Å². The number of carbonyl (C=O) groups is 2. The number of fused-ring (bicyclic) bond motifs is 1. The van der Waals surface area contributed by atoms with Crippen LogP contribution >= 0.6 is 0 Å². The predicted molar refractivity (Wildman–Crippen MR) is 112 cm³/mol. The van der Waals surface area contributed by atoms with Gasteiger partial charge in [-0.25, -0.2) is 9.78 Å². The third kappa shape index (κ3) is 3.84. The minimum atomic E-state index is -0.501. The summed E-state index contributed by atoms with van der Waals surface area (Å²) in [5.74, 6) is 0.809. The molecule has 1 aromatic carbocycles. The summed E-state index contributed by atoms with van der Waals surface area (Å²) in [6.07, 6.45) is 3.31. The second-order valence-electron chi connectivity index (χ2n) is 8.01. The fourth-order valence-electron chi connectivity index (χ4n) is 4.52. The zero-order valence-electron chi connectivity index (χ0n) is 17.5. The maximum atomic E-state index is 12.7. The van der Waals surface area contributed by atoms with E-state index in [2.05, 4.69) is 17.2 Å². The fraction of sp³-hybridized carbons (Fsp3) is 0.435. The van der Waals surface area contributed by atoms with Crippen molar-refractivity contribution >= 4 is 17.7 Å². The molecule has 1 aliphatic carbocycles. The van der Waals surface area contributed by atoms with Crippen molar-refractivity contribution in [1.29, 1.82) is 0 Å². The van der Waals surface area contributed by atoms with Crippen LogP contribution in [0.4, 0.5) is 10.5 Å². The smallest absolute Gasteiger partial charge is 0.407 e. The van der Waals surface area contributed by atoms with Gasteiger partial charge in [-0.15, -0.1) is 0 Å². The van der Waals surface area contributed by atoms with E-state index in [-0.39, 0.29) is 30.5 Å². The van der Waals surface area contributed by atoms with Crippen LogP contribution in [0.25, 0.3) is 0 Å². The molecule has 0 bridgehead atoms. The Morgan fingerprint density at radius 1 is 1.20 bits per heavy atom. The van der Waals surface area contributed by atoms with Crippen LogP contribution in [0.5, 0.6) is 5.88 Å². The summed E-state index contributed by atoms with van der Waals surface area (Å²) in [5, 5.41) is 3.02. The van der Waals surface area contributed by atoms with E-state index in [1.165, 1.54) is 0 Å². The Morgan fingerprint density at radius 2 is 1.93 bits per heavy atom. The molecule has 1 unspecified atom stereocenters. The van der Waals surface area contributed by atoms with E-state index in [4.69, 9.17) is 9.47 Å². The molecule has 4 rings (SSSR count). The predicted octanol–water partition coefficient (Wildman–Crippen LogP) is 3.84. The number of hydrogen-bond acceptors (Lipinski definition) is 5. The Bertz CT molecular complexity index is 929. The van der Waals surface area contributed by atoms with Crippen molar-refractivity contribution in [2.45, 2.75) is 45.4 Å². The molecule has 2 amide bonds. The number of anilines is 1. The Morgan fingerprint density at radius 3 is 2.57 bits per heavy atom. The van der Waals surface area contributed by atoms with Crippen LogP contribution in [0.15, 0.2) is 42.6 Å². The number of methoxy groups -OCH3 is 1. The SMILES string of the molecule is COc1nccc2c1C(NC(=O)OCc1ccccc1)[C@@H](C)[C@H](C1CC1)N2C(C)=O. The summed E-state index contributed by atoms with van der Waals surface area (Å²) in [6, 6.07) is 11.0. The zero-order valence-corrected chi connectivity index (χ0v) is 17.5. The van der Waals surface area contributed by atoms with Gasteiger partial charge < -0.3 is 19.7 Å².